The zero-order valence-electron chi connectivity index (χ0n) is 23.7. The van der Waals surface area contributed by atoms with Crippen molar-refractivity contribution in [2.75, 3.05) is 17.8 Å². The molecule has 39 heavy (non-hydrogen) atoms. The monoisotopic (exact) mass is 620 g/mol. The summed E-state index contributed by atoms with van der Waals surface area (Å²) in [5.41, 5.74) is 1.98. The zero-order valence-corrected chi connectivity index (χ0v) is 26.2. The molecule has 2 aromatic rings. The Hall–Kier alpha value is -1.99. The zero-order chi connectivity index (χ0) is 27.0. The van der Waals surface area contributed by atoms with E-state index in [1.54, 1.807) is 18.2 Å². The Morgan fingerprint density at radius 2 is 1.59 bits per heavy atom. The number of benzene rings is 2. The fourth-order valence-electron chi connectivity index (χ4n) is 4.72. The number of halogens is 2. The first-order chi connectivity index (χ1) is 18.6. The third-order valence-corrected chi connectivity index (χ3v) is 7.88. The van der Waals surface area contributed by atoms with Gasteiger partial charge >= 0.3 is 0 Å². The summed E-state index contributed by atoms with van der Waals surface area (Å²) in [6.45, 7) is 5.55. The lowest BCUT2D eigenvalue weighted by Crippen LogP contribution is -2.16. The molecule has 1 amide bonds. The molecule has 0 bridgehead atoms. The lowest BCUT2D eigenvalue weighted by molar-refractivity contribution is 0.102. The minimum Gasteiger partial charge on any atom is -0.488 e. The highest BCUT2D eigenvalue weighted by molar-refractivity contribution is 8.93. The molecular formula is C32H46BrFN2O2S. The van der Waals surface area contributed by atoms with Crippen LogP contribution in [-0.2, 0) is 6.54 Å². The second kappa shape index (κ2) is 19.1. The van der Waals surface area contributed by atoms with Gasteiger partial charge in [0, 0.05) is 18.3 Å². The molecule has 0 saturated heterocycles. The number of nitrogens with zero attached hydrogens (tertiary/aromatic N) is 1. The van der Waals surface area contributed by atoms with Crippen molar-refractivity contribution < 1.29 is 13.9 Å². The van der Waals surface area contributed by atoms with Crippen molar-refractivity contribution in [3.05, 3.63) is 70.5 Å². The van der Waals surface area contributed by atoms with Crippen molar-refractivity contribution >= 4 is 40.3 Å². The van der Waals surface area contributed by atoms with E-state index in [2.05, 4.69) is 30.3 Å². The summed E-state index contributed by atoms with van der Waals surface area (Å²) in [4.78, 5) is 16.5. The van der Waals surface area contributed by atoms with E-state index in [1.807, 2.05) is 30.0 Å². The molecule has 0 atom stereocenters. The van der Waals surface area contributed by atoms with Crippen LogP contribution in [0, 0.1) is 5.82 Å². The molecule has 0 saturated carbocycles. The average Bonchev–Trinajstić information content (AvgIpc) is 3.32. The number of rotatable bonds is 18. The second-order valence-electron chi connectivity index (χ2n) is 10.3. The fraction of sp³-hybridized carbons (Fsp3) is 0.531. The van der Waals surface area contributed by atoms with Crippen LogP contribution in [0.2, 0.25) is 0 Å². The van der Waals surface area contributed by atoms with Crippen molar-refractivity contribution in [2.45, 2.75) is 97.4 Å². The number of anilines is 1. The van der Waals surface area contributed by atoms with Crippen LogP contribution in [0.1, 0.15) is 107 Å². The van der Waals surface area contributed by atoms with Gasteiger partial charge in [0.2, 0.25) is 0 Å². The standard InChI is InChI=1S/C32H45FN2O2S.BrH/c1-3-4-5-6-7-8-9-10-11-12-13-14-21-37-31-29(33)19-16-20-30(31)34-32(36)28-18-15-17-27(22-28)24-35-23-26(2)38-25-35;/h15-20,22-23H,3-14,21,24-25H2,1-2H3,(H,34,36);1H. The summed E-state index contributed by atoms with van der Waals surface area (Å²) in [6.07, 6.45) is 17.3. The van der Waals surface area contributed by atoms with Gasteiger partial charge in [0.15, 0.2) is 11.6 Å². The summed E-state index contributed by atoms with van der Waals surface area (Å²) < 4.78 is 20.4. The predicted molar refractivity (Wildman–Crippen MR) is 169 cm³/mol. The molecule has 1 aliphatic heterocycles. The van der Waals surface area contributed by atoms with Crippen molar-refractivity contribution in [2.24, 2.45) is 0 Å². The van der Waals surface area contributed by atoms with Gasteiger partial charge in [-0.2, -0.15) is 0 Å². The van der Waals surface area contributed by atoms with E-state index >= 15 is 0 Å². The number of hydrogen-bond acceptors (Lipinski definition) is 4. The first kappa shape index (κ1) is 33.2. The van der Waals surface area contributed by atoms with E-state index in [4.69, 9.17) is 4.74 Å². The van der Waals surface area contributed by atoms with Crippen LogP contribution < -0.4 is 10.1 Å². The van der Waals surface area contributed by atoms with E-state index in [9.17, 15) is 9.18 Å². The molecule has 0 fully saturated rings. The van der Waals surface area contributed by atoms with Gasteiger partial charge in [-0.15, -0.1) is 28.7 Å². The number of ether oxygens (including phenoxy) is 1. The molecule has 4 nitrogen and oxygen atoms in total. The van der Waals surface area contributed by atoms with E-state index < -0.39 is 5.82 Å². The second-order valence-corrected chi connectivity index (χ2v) is 11.5. The van der Waals surface area contributed by atoms with Crippen molar-refractivity contribution in [3.63, 3.8) is 0 Å². The van der Waals surface area contributed by atoms with Gasteiger partial charge < -0.3 is 15.0 Å². The topological polar surface area (TPSA) is 41.6 Å². The summed E-state index contributed by atoms with van der Waals surface area (Å²) in [7, 11) is 0. The highest BCUT2D eigenvalue weighted by Crippen LogP contribution is 2.29. The summed E-state index contributed by atoms with van der Waals surface area (Å²) in [5, 5.41) is 2.86. The Labute approximate surface area is 249 Å². The lowest BCUT2D eigenvalue weighted by Gasteiger charge is -2.16. The van der Waals surface area contributed by atoms with Crippen molar-refractivity contribution in [1.82, 2.24) is 4.90 Å². The maximum atomic E-state index is 14.6. The molecule has 0 unspecified atom stereocenters. The van der Waals surface area contributed by atoms with Gasteiger partial charge in [-0.25, -0.2) is 4.39 Å². The van der Waals surface area contributed by atoms with Gasteiger partial charge in [0.05, 0.1) is 18.2 Å². The molecule has 216 valence electrons. The molecule has 1 aliphatic rings. The molecular weight excluding hydrogens is 575 g/mol. The molecule has 0 spiro atoms. The number of unbranched alkanes of at least 4 members (excludes halogenated alkanes) is 11. The van der Waals surface area contributed by atoms with Crippen LogP contribution in [0.25, 0.3) is 0 Å². The third kappa shape index (κ3) is 12.4. The van der Waals surface area contributed by atoms with E-state index in [-0.39, 0.29) is 28.6 Å². The van der Waals surface area contributed by atoms with Crippen molar-refractivity contribution in [1.29, 1.82) is 0 Å². The summed E-state index contributed by atoms with van der Waals surface area (Å²) in [5.74, 6) is 0.319. The van der Waals surface area contributed by atoms with E-state index in [1.165, 1.54) is 75.2 Å². The quantitative estimate of drug-likeness (QED) is 0.168. The number of para-hydroxylation sites is 1. The molecule has 7 heteroatoms. The molecule has 1 heterocycles. The van der Waals surface area contributed by atoms with Gasteiger partial charge in [0.1, 0.15) is 0 Å². The fourth-order valence-corrected chi connectivity index (χ4v) is 5.48. The Balaban J connectivity index is 0.00000533. The van der Waals surface area contributed by atoms with E-state index in [0.29, 0.717) is 17.9 Å². The number of allylic oxidation sites excluding steroid dienone is 1. The van der Waals surface area contributed by atoms with Crippen LogP contribution in [-0.4, -0.2) is 23.3 Å². The van der Waals surface area contributed by atoms with Crippen LogP contribution in [0.4, 0.5) is 10.1 Å². The first-order valence-electron chi connectivity index (χ1n) is 14.4. The smallest absolute Gasteiger partial charge is 0.255 e. The SMILES string of the molecule is Br.CCCCCCCCCCCCCCOc1c(F)cccc1NC(=O)c1cccc(CN2C=C(C)SC2)c1. The predicted octanol–water partition coefficient (Wildman–Crippen LogP) is 10.1. The van der Waals surface area contributed by atoms with Crippen LogP contribution in [0.15, 0.2) is 53.6 Å². The Morgan fingerprint density at radius 3 is 2.23 bits per heavy atom. The molecule has 3 rings (SSSR count). The van der Waals surface area contributed by atoms with Crippen LogP contribution in [0.5, 0.6) is 5.75 Å². The molecule has 0 aliphatic carbocycles. The maximum absolute atomic E-state index is 14.6. The Bertz CT molecular complexity index is 1030. The minimum absolute atomic E-state index is 0. The average molecular weight is 622 g/mol. The maximum Gasteiger partial charge on any atom is 0.255 e. The highest BCUT2D eigenvalue weighted by atomic mass is 79.9. The molecule has 0 aromatic heterocycles. The minimum atomic E-state index is -0.454. The number of carbonyl (C=O) groups is 1. The highest BCUT2D eigenvalue weighted by Gasteiger charge is 2.15. The normalized spacial score (nSPS) is 12.7. The summed E-state index contributed by atoms with van der Waals surface area (Å²) in [6, 6.07) is 12.3. The van der Waals surface area contributed by atoms with Crippen molar-refractivity contribution in [3.8, 4) is 5.75 Å². The number of thioether (sulfide) groups is 1. The number of nitrogens with one attached hydrogen (secondary N) is 1. The van der Waals surface area contributed by atoms with Gasteiger partial charge in [-0.3, -0.25) is 4.79 Å². The van der Waals surface area contributed by atoms with Crippen LogP contribution in [0.3, 0.4) is 0 Å². The van der Waals surface area contributed by atoms with E-state index in [0.717, 1.165) is 30.8 Å². The lowest BCUT2D eigenvalue weighted by atomic mass is 10.1. The number of hydrogen-bond donors (Lipinski definition) is 1. The van der Waals surface area contributed by atoms with Gasteiger partial charge in [-0.1, -0.05) is 95.8 Å². The molecule has 2 aromatic carbocycles. The first-order valence-corrected chi connectivity index (χ1v) is 15.4. The number of carbonyl (C=O) groups excluding carboxylic acids is 1. The Kier molecular flexibility index (Phi) is 16.3. The van der Waals surface area contributed by atoms with Gasteiger partial charge in [-0.05, 0) is 48.1 Å². The molecule has 0 radical (unpaired) electrons. The third-order valence-electron chi connectivity index (χ3n) is 6.86. The number of amides is 1. The molecule has 1 N–H and O–H groups in total. The van der Waals surface area contributed by atoms with Gasteiger partial charge in [0.25, 0.3) is 5.91 Å². The Morgan fingerprint density at radius 1 is 0.949 bits per heavy atom. The largest absolute Gasteiger partial charge is 0.488 e. The van der Waals surface area contributed by atoms with Crippen LogP contribution >= 0.6 is 28.7 Å². The summed E-state index contributed by atoms with van der Waals surface area (Å²) >= 11 is 1.81.